The van der Waals surface area contributed by atoms with Gasteiger partial charge < -0.3 is 11.1 Å². The molecule has 0 aromatic heterocycles. The van der Waals surface area contributed by atoms with Gasteiger partial charge in [-0.25, -0.2) is 4.39 Å². The first-order valence-corrected chi connectivity index (χ1v) is 7.19. The lowest BCUT2D eigenvalue weighted by Crippen LogP contribution is -1.98. The molecular formula is C12H8BrClFIN2. The maximum Gasteiger partial charge on any atom is 0.138 e. The van der Waals surface area contributed by atoms with E-state index < -0.39 is 0 Å². The summed E-state index contributed by atoms with van der Waals surface area (Å²) in [7, 11) is 0. The van der Waals surface area contributed by atoms with Gasteiger partial charge in [0.25, 0.3) is 0 Å². The molecule has 2 aromatic carbocycles. The van der Waals surface area contributed by atoms with Gasteiger partial charge in [0.15, 0.2) is 0 Å². The molecule has 0 spiro atoms. The third-order valence-electron chi connectivity index (χ3n) is 2.29. The van der Waals surface area contributed by atoms with E-state index in [1.165, 1.54) is 6.07 Å². The van der Waals surface area contributed by atoms with Gasteiger partial charge in [0.05, 0.1) is 20.0 Å². The highest BCUT2D eigenvalue weighted by Gasteiger charge is 2.07. The number of halogens is 4. The van der Waals surface area contributed by atoms with E-state index in [-0.39, 0.29) is 5.82 Å². The van der Waals surface area contributed by atoms with Crippen molar-refractivity contribution in [3.8, 4) is 0 Å². The summed E-state index contributed by atoms with van der Waals surface area (Å²) in [6, 6.07) is 8.32. The van der Waals surface area contributed by atoms with Crippen molar-refractivity contribution in [2.24, 2.45) is 0 Å². The Morgan fingerprint density at radius 2 is 2.00 bits per heavy atom. The molecule has 18 heavy (non-hydrogen) atoms. The lowest BCUT2D eigenvalue weighted by Gasteiger charge is -2.11. The maximum absolute atomic E-state index is 13.5. The molecule has 0 saturated heterocycles. The Hall–Kier alpha value is -0.530. The van der Waals surface area contributed by atoms with Crippen LogP contribution in [-0.4, -0.2) is 0 Å². The number of anilines is 3. The molecule has 3 N–H and O–H groups in total. The van der Waals surface area contributed by atoms with Crippen molar-refractivity contribution in [1.82, 2.24) is 0 Å². The molecule has 0 aliphatic carbocycles. The standard InChI is InChI=1S/C12H8BrClFIN2/c13-7-2-1-6(3-8(7)14)18-12-4-9(15)10(16)5-11(12)17/h1-5,18H,17H2. The van der Waals surface area contributed by atoms with Crippen LogP contribution in [0.1, 0.15) is 0 Å². The van der Waals surface area contributed by atoms with E-state index in [2.05, 4.69) is 21.2 Å². The second-order valence-electron chi connectivity index (χ2n) is 3.61. The van der Waals surface area contributed by atoms with Gasteiger partial charge in [0, 0.05) is 16.2 Å². The Morgan fingerprint density at radius 3 is 2.67 bits per heavy atom. The minimum Gasteiger partial charge on any atom is -0.397 e. The molecular weight excluding hydrogens is 433 g/mol. The lowest BCUT2D eigenvalue weighted by molar-refractivity contribution is 0.621. The first kappa shape index (κ1) is 13.9. The van der Waals surface area contributed by atoms with Crippen LogP contribution in [-0.2, 0) is 0 Å². The van der Waals surface area contributed by atoms with Crippen molar-refractivity contribution in [3.63, 3.8) is 0 Å². The van der Waals surface area contributed by atoms with E-state index in [1.807, 2.05) is 34.7 Å². The summed E-state index contributed by atoms with van der Waals surface area (Å²) >= 11 is 11.2. The monoisotopic (exact) mass is 440 g/mol. The Balaban J connectivity index is 2.34. The minimum absolute atomic E-state index is 0.310. The third-order valence-corrected chi connectivity index (χ3v) is 4.35. The van der Waals surface area contributed by atoms with E-state index in [0.29, 0.717) is 20.0 Å². The molecule has 0 heterocycles. The zero-order valence-corrected chi connectivity index (χ0v) is 13.5. The van der Waals surface area contributed by atoms with Gasteiger partial charge in [-0.05, 0) is 62.8 Å². The summed E-state index contributed by atoms with van der Waals surface area (Å²) in [5.74, 6) is -0.310. The molecule has 2 rings (SSSR count). The number of nitrogen functional groups attached to an aromatic ring is 1. The Kier molecular flexibility index (Phi) is 4.34. The fraction of sp³-hybridized carbons (Fsp3) is 0. The van der Waals surface area contributed by atoms with Crippen molar-refractivity contribution >= 4 is 67.2 Å². The predicted molar refractivity (Wildman–Crippen MR) is 86.0 cm³/mol. The molecule has 0 saturated carbocycles. The summed E-state index contributed by atoms with van der Waals surface area (Å²) in [4.78, 5) is 0. The molecule has 0 bridgehead atoms. The first-order chi connectivity index (χ1) is 8.47. The van der Waals surface area contributed by atoms with Gasteiger partial charge in [0.1, 0.15) is 5.82 Å². The van der Waals surface area contributed by atoms with Crippen molar-refractivity contribution in [1.29, 1.82) is 0 Å². The van der Waals surface area contributed by atoms with Crippen LogP contribution in [0.5, 0.6) is 0 Å². The van der Waals surface area contributed by atoms with Gasteiger partial charge in [-0.2, -0.15) is 0 Å². The highest BCUT2D eigenvalue weighted by Crippen LogP contribution is 2.30. The summed E-state index contributed by atoms with van der Waals surface area (Å²) in [5.41, 5.74) is 7.58. The minimum atomic E-state index is -0.310. The summed E-state index contributed by atoms with van der Waals surface area (Å²) < 4.78 is 14.8. The molecule has 2 aromatic rings. The van der Waals surface area contributed by atoms with E-state index >= 15 is 0 Å². The van der Waals surface area contributed by atoms with Crippen LogP contribution in [0, 0.1) is 9.39 Å². The Bertz CT molecular complexity index is 607. The molecule has 0 unspecified atom stereocenters. The summed E-state index contributed by atoms with van der Waals surface area (Å²) in [6.07, 6.45) is 0. The fourth-order valence-corrected chi connectivity index (χ4v) is 2.32. The second-order valence-corrected chi connectivity index (χ2v) is 6.03. The van der Waals surface area contributed by atoms with Gasteiger partial charge in [-0.1, -0.05) is 11.6 Å². The van der Waals surface area contributed by atoms with Crippen LogP contribution < -0.4 is 11.1 Å². The van der Waals surface area contributed by atoms with Crippen LogP contribution >= 0.6 is 50.1 Å². The number of rotatable bonds is 2. The summed E-state index contributed by atoms with van der Waals surface area (Å²) in [5, 5.41) is 3.61. The van der Waals surface area contributed by atoms with Crippen molar-refractivity contribution in [3.05, 3.63) is 49.2 Å². The zero-order valence-electron chi connectivity index (χ0n) is 8.98. The van der Waals surface area contributed by atoms with Crippen LogP contribution in [0.3, 0.4) is 0 Å². The predicted octanol–water partition coefficient (Wildman–Crippen LogP) is 5.17. The second kappa shape index (κ2) is 5.63. The number of benzene rings is 2. The molecule has 0 atom stereocenters. The van der Waals surface area contributed by atoms with Crippen molar-refractivity contribution in [2.75, 3.05) is 11.1 Å². The molecule has 6 heteroatoms. The van der Waals surface area contributed by atoms with E-state index in [9.17, 15) is 4.39 Å². The van der Waals surface area contributed by atoms with E-state index in [4.69, 9.17) is 17.3 Å². The average Bonchev–Trinajstić information content (AvgIpc) is 2.31. The molecule has 2 nitrogen and oxygen atoms in total. The number of hydrogen-bond acceptors (Lipinski definition) is 2. The quantitative estimate of drug-likeness (QED) is 0.498. The zero-order chi connectivity index (χ0) is 13.3. The van der Waals surface area contributed by atoms with Crippen LogP contribution in [0.15, 0.2) is 34.8 Å². The number of hydrogen-bond donors (Lipinski definition) is 2. The smallest absolute Gasteiger partial charge is 0.138 e. The first-order valence-electron chi connectivity index (χ1n) is 4.94. The SMILES string of the molecule is Nc1cc(I)c(F)cc1Nc1ccc(Br)c(Cl)c1. The van der Waals surface area contributed by atoms with Crippen molar-refractivity contribution < 1.29 is 4.39 Å². The van der Waals surface area contributed by atoms with E-state index in [0.717, 1.165) is 10.2 Å². The Labute approximate surface area is 131 Å². The summed E-state index contributed by atoms with van der Waals surface area (Å²) in [6.45, 7) is 0. The normalized spacial score (nSPS) is 10.4. The fourth-order valence-electron chi connectivity index (χ4n) is 1.40. The molecule has 0 aliphatic heterocycles. The molecule has 0 aliphatic rings. The third kappa shape index (κ3) is 3.07. The number of nitrogens with two attached hydrogens (primary N) is 1. The largest absolute Gasteiger partial charge is 0.397 e. The van der Waals surface area contributed by atoms with Gasteiger partial charge in [-0.15, -0.1) is 0 Å². The van der Waals surface area contributed by atoms with Crippen LogP contribution in [0.4, 0.5) is 21.5 Å². The van der Waals surface area contributed by atoms with Crippen molar-refractivity contribution in [2.45, 2.75) is 0 Å². The van der Waals surface area contributed by atoms with Gasteiger partial charge in [0.2, 0.25) is 0 Å². The molecule has 0 fully saturated rings. The highest BCUT2D eigenvalue weighted by atomic mass is 127. The molecule has 94 valence electrons. The van der Waals surface area contributed by atoms with E-state index in [1.54, 1.807) is 12.1 Å². The lowest BCUT2D eigenvalue weighted by atomic mass is 10.2. The van der Waals surface area contributed by atoms with Gasteiger partial charge >= 0.3 is 0 Å². The van der Waals surface area contributed by atoms with Crippen LogP contribution in [0.25, 0.3) is 0 Å². The van der Waals surface area contributed by atoms with Gasteiger partial charge in [-0.3, -0.25) is 0 Å². The Morgan fingerprint density at radius 1 is 1.28 bits per heavy atom. The average molecular weight is 441 g/mol. The molecule has 0 amide bonds. The molecule has 0 radical (unpaired) electrons. The number of nitrogens with one attached hydrogen (secondary N) is 1. The highest BCUT2D eigenvalue weighted by molar-refractivity contribution is 14.1. The topological polar surface area (TPSA) is 38.0 Å². The van der Waals surface area contributed by atoms with Crippen LogP contribution in [0.2, 0.25) is 5.02 Å². The maximum atomic E-state index is 13.5.